The van der Waals surface area contributed by atoms with Crippen LogP contribution in [-0.2, 0) is 4.79 Å². The van der Waals surface area contributed by atoms with Crippen LogP contribution in [0.2, 0.25) is 5.02 Å². The van der Waals surface area contributed by atoms with Crippen molar-refractivity contribution in [2.24, 2.45) is 0 Å². The van der Waals surface area contributed by atoms with Crippen molar-refractivity contribution in [2.75, 3.05) is 0 Å². The van der Waals surface area contributed by atoms with Crippen molar-refractivity contribution in [2.45, 2.75) is 24.9 Å². The second-order valence-electron chi connectivity index (χ2n) is 8.64. The van der Waals surface area contributed by atoms with Crippen LogP contribution in [0.15, 0.2) is 103 Å². The van der Waals surface area contributed by atoms with Gasteiger partial charge in [0.1, 0.15) is 17.5 Å². The molecule has 1 amide bonds. The Balaban J connectivity index is 1.67. The molecule has 36 heavy (non-hydrogen) atoms. The van der Waals surface area contributed by atoms with Crippen LogP contribution in [0.1, 0.15) is 34.8 Å². The van der Waals surface area contributed by atoms with Gasteiger partial charge in [-0.2, -0.15) is 0 Å². The Morgan fingerprint density at radius 1 is 0.806 bits per heavy atom. The van der Waals surface area contributed by atoms with Crippen LogP contribution >= 0.6 is 11.6 Å². The van der Waals surface area contributed by atoms with Crippen molar-refractivity contribution < 1.29 is 19.4 Å². The second-order valence-corrected chi connectivity index (χ2v) is 9.05. The fraction of sp³-hybridized carbons (Fsp3) is 0.133. The molecule has 4 aromatic carbocycles. The van der Waals surface area contributed by atoms with Gasteiger partial charge in [-0.3, -0.25) is 4.79 Å². The number of nitrogens with zero attached hydrogens (tertiary/aromatic N) is 1. The Labute approximate surface area is 214 Å². The average Bonchev–Trinajstić information content (AvgIpc) is 3.35. The van der Waals surface area contributed by atoms with E-state index in [0.717, 1.165) is 11.1 Å². The lowest BCUT2D eigenvalue weighted by Crippen LogP contribution is -2.42. The molecule has 1 aliphatic rings. The number of amides is 1. The van der Waals surface area contributed by atoms with E-state index in [-0.39, 0.29) is 0 Å². The quantitative estimate of drug-likeness (QED) is 0.305. The molecule has 6 heteroatoms. The molecule has 0 aromatic heterocycles. The van der Waals surface area contributed by atoms with Gasteiger partial charge in [-0.1, -0.05) is 90.5 Å². The first-order valence-electron chi connectivity index (χ1n) is 11.8. The zero-order chi connectivity index (χ0) is 25.1. The molecule has 5 rings (SSSR count). The maximum atomic E-state index is 14.4. The lowest BCUT2D eigenvalue weighted by molar-refractivity contribution is -0.141. The number of carbonyl (C=O) groups excluding carboxylic acids is 1. The summed E-state index contributed by atoms with van der Waals surface area (Å²) in [6.07, 6.45) is 0.828. The monoisotopic (exact) mass is 497 g/mol. The molecule has 1 fully saturated rings. The largest absolute Gasteiger partial charge is 0.480 e. The summed E-state index contributed by atoms with van der Waals surface area (Å²) >= 11 is 6.50. The summed E-state index contributed by atoms with van der Waals surface area (Å²) < 4.78 is 6.19. The number of hydrogen-bond donors (Lipinski definition) is 1. The van der Waals surface area contributed by atoms with Crippen molar-refractivity contribution >= 4 is 23.5 Å². The number of rotatable bonds is 6. The number of carboxylic acid groups (broad SMARTS) is 1. The minimum absolute atomic E-state index is 0.317. The topological polar surface area (TPSA) is 66.8 Å². The maximum Gasteiger partial charge on any atom is 0.326 e. The minimum atomic E-state index is -1.04. The molecule has 1 N–H and O–H groups in total. The van der Waals surface area contributed by atoms with E-state index in [0.29, 0.717) is 40.5 Å². The maximum absolute atomic E-state index is 14.4. The number of hydrogen-bond acceptors (Lipinski definition) is 3. The van der Waals surface area contributed by atoms with Crippen LogP contribution in [0, 0.1) is 0 Å². The minimum Gasteiger partial charge on any atom is -0.480 e. The van der Waals surface area contributed by atoms with Crippen molar-refractivity contribution in [1.29, 1.82) is 0 Å². The van der Waals surface area contributed by atoms with E-state index in [9.17, 15) is 14.7 Å². The zero-order valence-electron chi connectivity index (χ0n) is 19.4. The molecular weight excluding hydrogens is 474 g/mol. The molecule has 5 nitrogen and oxygen atoms in total. The predicted molar refractivity (Wildman–Crippen MR) is 139 cm³/mol. The zero-order valence-corrected chi connectivity index (χ0v) is 20.1. The van der Waals surface area contributed by atoms with Crippen molar-refractivity contribution in [3.63, 3.8) is 0 Å². The molecule has 0 spiro atoms. The molecule has 0 aliphatic carbocycles. The molecule has 180 valence electrons. The number of likely N-dealkylation sites (tertiary alicyclic amines) is 1. The van der Waals surface area contributed by atoms with Crippen LogP contribution < -0.4 is 4.74 Å². The van der Waals surface area contributed by atoms with E-state index >= 15 is 0 Å². The van der Waals surface area contributed by atoms with E-state index in [4.69, 9.17) is 16.3 Å². The highest BCUT2D eigenvalue weighted by atomic mass is 35.5. The van der Waals surface area contributed by atoms with Gasteiger partial charge in [0, 0.05) is 5.02 Å². The molecule has 0 bridgehead atoms. The molecule has 4 aromatic rings. The normalized spacial score (nSPS) is 17.1. The van der Waals surface area contributed by atoms with Gasteiger partial charge in [-0.15, -0.1) is 0 Å². The standard InChI is InChI=1S/C30H24ClNO4/c31-24-16-8-7-14-23(24)25-18-19-26(30(34)35)32(25)29(33)28-22(20-10-3-1-4-11-20)15-9-17-27(28)36-21-12-5-2-6-13-21/h1-17,25-26H,18-19H2,(H,34,35). The number of carboxylic acids is 1. The van der Waals surface area contributed by atoms with Crippen LogP contribution in [-0.4, -0.2) is 27.9 Å². The molecular formula is C30H24ClNO4. The number of para-hydroxylation sites is 1. The fourth-order valence-corrected chi connectivity index (χ4v) is 5.09. The lowest BCUT2D eigenvalue weighted by Gasteiger charge is -2.30. The SMILES string of the molecule is O=C(O)C1CCC(c2ccccc2Cl)N1C(=O)c1c(Oc2ccccc2)cccc1-c1ccccc1. The van der Waals surface area contributed by atoms with Gasteiger partial charge in [0.25, 0.3) is 5.91 Å². The highest BCUT2D eigenvalue weighted by molar-refractivity contribution is 6.31. The van der Waals surface area contributed by atoms with Crippen LogP contribution in [0.25, 0.3) is 11.1 Å². The average molecular weight is 498 g/mol. The molecule has 1 saturated heterocycles. The number of carbonyl (C=O) groups is 2. The lowest BCUT2D eigenvalue weighted by atomic mass is 9.96. The summed E-state index contributed by atoms with van der Waals surface area (Å²) in [7, 11) is 0. The van der Waals surface area contributed by atoms with Gasteiger partial charge in [0.05, 0.1) is 11.6 Å². The number of ether oxygens (including phenoxy) is 1. The second kappa shape index (κ2) is 10.3. The van der Waals surface area contributed by atoms with Gasteiger partial charge in [-0.05, 0) is 53.8 Å². The van der Waals surface area contributed by atoms with Crippen LogP contribution in [0.4, 0.5) is 0 Å². The first-order chi connectivity index (χ1) is 17.5. The fourth-order valence-electron chi connectivity index (χ4n) is 4.83. The number of aliphatic carboxylic acids is 1. The van der Waals surface area contributed by atoms with Crippen molar-refractivity contribution in [3.05, 3.63) is 119 Å². The summed E-state index contributed by atoms with van der Waals surface area (Å²) in [5, 5.41) is 10.5. The molecule has 1 heterocycles. The van der Waals surface area contributed by atoms with Crippen LogP contribution in [0.3, 0.4) is 0 Å². The molecule has 1 aliphatic heterocycles. The summed E-state index contributed by atoms with van der Waals surface area (Å²) in [5.41, 5.74) is 2.56. The first-order valence-corrected chi connectivity index (χ1v) is 12.1. The molecule has 2 unspecified atom stereocenters. The smallest absolute Gasteiger partial charge is 0.326 e. The van der Waals surface area contributed by atoms with Gasteiger partial charge < -0.3 is 14.7 Å². The molecule has 2 atom stereocenters. The summed E-state index contributed by atoms with van der Waals surface area (Å²) in [4.78, 5) is 28.1. The van der Waals surface area contributed by atoms with Gasteiger partial charge >= 0.3 is 5.97 Å². The number of halogens is 1. The highest BCUT2D eigenvalue weighted by Crippen LogP contribution is 2.43. The summed E-state index contributed by atoms with van der Waals surface area (Å²) in [6, 6.07) is 30.0. The summed E-state index contributed by atoms with van der Waals surface area (Å²) in [6.45, 7) is 0. The third-order valence-electron chi connectivity index (χ3n) is 6.46. The molecule has 0 saturated carbocycles. The first kappa shape index (κ1) is 23.6. The van der Waals surface area contributed by atoms with Gasteiger partial charge in [0.15, 0.2) is 0 Å². The van der Waals surface area contributed by atoms with Crippen molar-refractivity contribution in [3.8, 4) is 22.6 Å². The Bertz CT molecular complexity index is 1390. The predicted octanol–water partition coefficient (Wildman–Crippen LogP) is 7.23. The third kappa shape index (κ3) is 4.58. The van der Waals surface area contributed by atoms with Gasteiger partial charge in [0.2, 0.25) is 0 Å². The third-order valence-corrected chi connectivity index (χ3v) is 6.81. The Morgan fingerprint density at radius 2 is 1.47 bits per heavy atom. The van der Waals surface area contributed by atoms with E-state index in [1.807, 2.05) is 91.0 Å². The van der Waals surface area contributed by atoms with E-state index in [1.165, 1.54) is 4.90 Å². The van der Waals surface area contributed by atoms with E-state index < -0.39 is 24.0 Å². The Hall–Kier alpha value is -4.09. The summed E-state index contributed by atoms with van der Waals surface area (Å²) in [5.74, 6) is -0.507. The van der Waals surface area contributed by atoms with E-state index in [2.05, 4.69) is 0 Å². The van der Waals surface area contributed by atoms with E-state index in [1.54, 1.807) is 12.1 Å². The Morgan fingerprint density at radius 3 is 2.17 bits per heavy atom. The Kier molecular flexibility index (Phi) is 6.74. The van der Waals surface area contributed by atoms with Crippen LogP contribution in [0.5, 0.6) is 11.5 Å². The molecule has 0 radical (unpaired) electrons. The van der Waals surface area contributed by atoms with Crippen molar-refractivity contribution in [1.82, 2.24) is 4.90 Å². The van der Waals surface area contributed by atoms with Gasteiger partial charge in [-0.25, -0.2) is 4.79 Å². The number of benzene rings is 4. The highest BCUT2D eigenvalue weighted by Gasteiger charge is 2.43.